The van der Waals surface area contributed by atoms with Crippen LogP contribution in [0.25, 0.3) is 0 Å². The van der Waals surface area contributed by atoms with Crippen LogP contribution in [0.15, 0.2) is 29.2 Å². The van der Waals surface area contributed by atoms with Crippen molar-refractivity contribution in [2.45, 2.75) is 243 Å². The summed E-state index contributed by atoms with van der Waals surface area (Å²) in [7, 11) is -4.01. The molecule has 0 bridgehead atoms. The van der Waals surface area contributed by atoms with Gasteiger partial charge in [0.1, 0.15) is 12.2 Å². The van der Waals surface area contributed by atoms with Crippen LogP contribution in [0.1, 0.15) is 220 Å². The second kappa shape index (κ2) is 33.4. The molecule has 0 amide bonds. The summed E-state index contributed by atoms with van der Waals surface area (Å²) in [6.07, 6.45) is 28.4. The number of nitro benzene ring substituents is 1. The van der Waals surface area contributed by atoms with E-state index in [0.717, 1.165) is 77.0 Å². The van der Waals surface area contributed by atoms with Crippen LogP contribution < -0.4 is 4.72 Å². The number of esters is 2. The number of nitro groups is 1. The van der Waals surface area contributed by atoms with Gasteiger partial charge in [0, 0.05) is 31.0 Å². The Labute approximate surface area is 341 Å². The first-order valence-corrected chi connectivity index (χ1v) is 24.2. The quantitative estimate of drug-likeness (QED) is 0.0301. The van der Waals surface area contributed by atoms with Gasteiger partial charge in [0.2, 0.25) is 10.0 Å². The van der Waals surface area contributed by atoms with Gasteiger partial charge in [-0.3, -0.25) is 19.7 Å². The normalized spacial score (nSPS) is 11.8. The highest BCUT2D eigenvalue weighted by molar-refractivity contribution is 7.89. The molecule has 0 aliphatic heterocycles. The van der Waals surface area contributed by atoms with E-state index in [4.69, 9.17) is 9.47 Å². The molecule has 1 aromatic rings. The van der Waals surface area contributed by atoms with Gasteiger partial charge >= 0.3 is 11.9 Å². The number of nitrogens with one attached hydrogen (secondary N) is 1. The number of carbonyl (C=O) groups excluding carboxylic acids is 2. The van der Waals surface area contributed by atoms with Crippen LogP contribution in [-0.2, 0) is 29.1 Å². The SMILES string of the molecule is CCCCCCCC(CCCCCCC)OC(=O)CCCC(CCCC(=O)OC(CCCCCCC)CCCCCCC)NS(=O)(=O)c1ccc([N+](=O)[O-])cc1. The van der Waals surface area contributed by atoms with Crippen LogP contribution >= 0.6 is 0 Å². The lowest BCUT2D eigenvalue weighted by molar-refractivity contribution is -0.384. The van der Waals surface area contributed by atoms with E-state index in [9.17, 15) is 28.1 Å². The number of hydrogen-bond acceptors (Lipinski definition) is 8. The lowest BCUT2D eigenvalue weighted by Gasteiger charge is -2.21. The molecule has 0 saturated carbocycles. The third-order valence-corrected chi connectivity index (χ3v) is 12.2. The van der Waals surface area contributed by atoms with Gasteiger partial charge in [-0.15, -0.1) is 0 Å². The smallest absolute Gasteiger partial charge is 0.306 e. The number of non-ortho nitro benzene ring substituents is 1. The largest absolute Gasteiger partial charge is 0.462 e. The van der Waals surface area contributed by atoms with Crippen LogP contribution in [0.3, 0.4) is 0 Å². The molecule has 10 nitrogen and oxygen atoms in total. The Balaban J connectivity index is 2.89. The standard InChI is InChI=1S/C45H80N2O8S/c1-5-9-13-17-21-29-41(30-22-18-14-10-6-2)54-44(48)33-25-27-39(46-56(52,53)43-37-35-40(36-38-43)47(50)51)28-26-34-45(49)55-42(31-23-19-15-11-7-3)32-24-20-16-12-8-4/h35-39,41-42,46H,5-34H2,1-4H3. The van der Waals surface area contributed by atoms with Gasteiger partial charge in [-0.1, -0.05) is 130 Å². The molecule has 324 valence electrons. The van der Waals surface area contributed by atoms with Crippen LogP contribution in [0, 0.1) is 10.1 Å². The highest BCUT2D eigenvalue weighted by Gasteiger charge is 2.23. The summed E-state index contributed by atoms with van der Waals surface area (Å²) in [6, 6.07) is 4.24. The molecule has 0 saturated heterocycles. The van der Waals surface area contributed by atoms with Gasteiger partial charge in [0.05, 0.1) is 9.82 Å². The fourth-order valence-electron chi connectivity index (χ4n) is 7.20. The zero-order chi connectivity index (χ0) is 41.3. The summed E-state index contributed by atoms with van der Waals surface area (Å²) in [5.41, 5.74) is -0.196. The van der Waals surface area contributed by atoms with Crippen LogP contribution in [0.2, 0.25) is 0 Å². The third kappa shape index (κ3) is 26.4. The number of rotatable bonds is 38. The topological polar surface area (TPSA) is 142 Å². The molecule has 0 aliphatic rings. The predicted octanol–water partition coefficient (Wildman–Crippen LogP) is 12.8. The molecular weight excluding hydrogens is 729 g/mol. The fraction of sp³-hybridized carbons (Fsp3) is 0.822. The lowest BCUT2D eigenvalue weighted by Crippen LogP contribution is -2.35. The van der Waals surface area contributed by atoms with Gasteiger partial charge in [-0.05, 0) is 89.2 Å². The van der Waals surface area contributed by atoms with Crippen molar-refractivity contribution in [3.63, 3.8) is 0 Å². The molecule has 0 radical (unpaired) electrons. The van der Waals surface area contributed by atoms with Crippen molar-refractivity contribution in [1.82, 2.24) is 4.72 Å². The number of unbranched alkanes of at least 4 members (excludes halogenated alkanes) is 16. The maximum absolute atomic E-state index is 13.4. The maximum atomic E-state index is 13.4. The average Bonchev–Trinajstić information content (AvgIpc) is 3.17. The Morgan fingerprint density at radius 3 is 1.21 bits per heavy atom. The number of hydrogen-bond donors (Lipinski definition) is 1. The molecule has 0 aliphatic carbocycles. The molecule has 0 aromatic heterocycles. The lowest BCUT2D eigenvalue weighted by atomic mass is 10.0. The Kier molecular flexibility index (Phi) is 30.7. The van der Waals surface area contributed by atoms with E-state index < -0.39 is 21.0 Å². The van der Waals surface area contributed by atoms with Crippen molar-refractivity contribution < 1.29 is 32.4 Å². The highest BCUT2D eigenvalue weighted by atomic mass is 32.2. The molecule has 0 heterocycles. The molecule has 0 unspecified atom stereocenters. The number of benzene rings is 1. The molecule has 1 N–H and O–H groups in total. The second-order valence-electron chi connectivity index (χ2n) is 15.9. The van der Waals surface area contributed by atoms with E-state index in [2.05, 4.69) is 32.4 Å². The Hall–Kier alpha value is -2.53. The molecule has 0 atom stereocenters. The minimum atomic E-state index is -4.01. The molecule has 1 aromatic carbocycles. The van der Waals surface area contributed by atoms with Gasteiger partial charge < -0.3 is 9.47 Å². The monoisotopic (exact) mass is 809 g/mol. The summed E-state index contributed by atoms with van der Waals surface area (Å²) in [5.74, 6) is -0.513. The molecule has 11 heteroatoms. The predicted molar refractivity (Wildman–Crippen MR) is 228 cm³/mol. The second-order valence-corrected chi connectivity index (χ2v) is 17.6. The van der Waals surface area contributed by atoms with Gasteiger partial charge in [0.15, 0.2) is 0 Å². The molecule has 0 fully saturated rings. The Morgan fingerprint density at radius 2 is 0.893 bits per heavy atom. The summed E-state index contributed by atoms with van der Waals surface area (Å²) in [4.78, 5) is 36.7. The zero-order valence-corrected chi connectivity index (χ0v) is 36.7. The summed E-state index contributed by atoms with van der Waals surface area (Å²) in [5, 5.41) is 11.1. The molecule has 56 heavy (non-hydrogen) atoms. The Morgan fingerprint density at radius 1 is 0.554 bits per heavy atom. The molecule has 1 rings (SSSR count). The van der Waals surface area contributed by atoms with Crippen molar-refractivity contribution in [3.05, 3.63) is 34.4 Å². The fourth-order valence-corrected chi connectivity index (χ4v) is 8.50. The first-order valence-electron chi connectivity index (χ1n) is 22.7. The first kappa shape index (κ1) is 51.5. The number of ether oxygens (including phenoxy) is 2. The van der Waals surface area contributed by atoms with Gasteiger partial charge in [-0.2, -0.15) is 0 Å². The van der Waals surface area contributed by atoms with Crippen LogP contribution in [0.4, 0.5) is 5.69 Å². The number of sulfonamides is 1. The summed E-state index contributed by atoms with van der Waals surface area (Å²) >= 11 is 0. The van der Waals surface area contributed by atoms with E-state index in [-0.39, 0.29) is 47.6 Å². The van der Waals surface area contributed by atoms with E-state index in [1.807, 2.05) is 0 Å². The molecule has 0 spiro atoms. The van der Waals surface area contributed by atoms with E-state index >= 15 is 0 Å². The highest BCUT2D eigenvalue weighted by Crippen LogP contribution is 2.22. The van der Waals surface area contributed by atoms with Crippen molar-refractivity contribution in [3.8, 4) is 0 Å². The molecular formula is C45H80N2O8S. The Bertz CT molecular complexity index is 1180. The number of carbonyl (C=O) groups is 2. The number of nitrogens with zero attached hydrogens (tertiary/aromatic N) is 1. The minimum Gasteiger partial charge on any atom is -0.462 e. The maximum Gasteiger partial charge on any atom is 0.306 e. The van der Waals surface area contributed by atoms with E-state index in [0.29, 0.717) is 25.7 Å². The summed E-state index contributed by atoms with van der Waals surface area (Å²) < 4.78 is 41.6. The van der Waals surface area contributed by atoms with Gasteiger partial charge in [-0.25, -0.2) is 13.1 Å². The van der Waals surface area contributed by atoms with E-state index in [1.54, 1.807) is 0 Å². The van der Waals surface area contributed by atoms with Crippen LogP contribution in [-0.4, -0.2) is 43.5 Å². The van der Waals surface area contributed by atoms with Crippen molar-refractivity contribution in [1.29, 1.82) is 0 Å². The van der Waals surface area contributed by atoms with Crippen molar-refractivity contribution in [2.24, 2.45) is 0 Å². The third-order valence-electron chi connectivity index (χ3n) is 10.7. The minimum absolute atomic E-state index is 0.0756. The first-order chi connectivity index (χ1) is 27.1. The van der Waals surface area contributed by atoms with Crippen molar-refractivity contribution in [2.75, 3.05) is 0 Å². The van der Waals surface area contributed by atoms with Crippen LogP contribution in [0.5, 0.6) is 0 Å². The van der Waals surface area contributed by atoms with Crippen molar-refractivity contribution >= 4 is 27.6 Å². The summed E-state index contributed by atoms with van der Waals surface area (Å²) in [6.45, 7) is 8.79. The van der Waals surface area contributed by atoms with Gasteiger partial charge in [0.25, 0.3) is 5.69 Å². The van der Waals surface area contributed by atoms with E-state index in [1.165, 1.54) is 101 Å². The zero-order valence-electron chi connectivity index (χ0n) is 35.9. The average molecular weight is 809 g/mol.